The summed E-state index contributed by atoms with van der Waals surface area (Å²) in [7, 11) is 0. The van der Waals surface area contributed by atoms with Crippen LogP contribution in [0.2, 0.25) is 0 Å². The van der Waals surface area contributed by atoms with Gasteiger partial charge in [0.2, 0.25) is 0 Å². The van der Waals surface area contributed by atoms with E-state index in [2.05, 4.69) is 0 Å². The second kappa shape index (κ2) is 7.69. The number of carbonyl (C=O) groups excluding carboxylic acids is 1. The monoisotopic (exact) mass is 345 g/mol. The van der Waals surface area contributed by atoms with Crippen LogP contribution in [-0.4, -0.2) is 17.6 Å². The summed E-state index contributed by atoms with van der Waals surface area (Å²) in [6.07, 6.45) is 6.14. The highest BCUT2D eigenvalue weighted by Crippen LogP contribution is 2.27. The summed E-state index contributed by atoms with van der Waals surface area (Å²) in [6, 6.07) is 19.6. The lowest BCUT2D eigenvalue weighted by Crippen LogP contribution is -2.17. The Kier molecular flexibility index (Phi) is 4.96. The summed E-state index contributed by atoms with van der Waals surface area (Å²) in [6.45, 7) is 0.524. The average Bonchev–Trinajstić information content (AvgIpc) is 2.72. The zero-order valence-electron chi connectivity index (χ0n) is 14.9. The van der Waals surface area contributed by atoms with Gasteiger partial charge in [-0.1, -0.05) is 67.8 Å². The first-order chi connectivity index (χ1) is 12.8. The van der Waals surface area contributed by atoms with Crippen molar-refractivity contribution in [3.63, 3.8) is 0 Å². The molecule has 0 aliphatic heterocycles. The molecule has 0 radical (unpaired) electrons. The molecule has 3 aromatic rings. The van der Waals surface area contributed by atoms with Crippen molar-refractivity contribution in [1.82, 2.24) is 4.98 Å². The van der Waals surface area contributed by atoms with Crippen LogP contribution in [0, 0.1) is 5.92 Å². The first kappa shape index (κ1) is 16.8. The summed E-state index contributed by atoms with van der Waals surface area (Å²) in [5.41, 5.74) is 3.22. The van der Waals surface area contributed by atoms with E-state index in [0.717, 1.165) is 22.2 Å². The summed E-state index contributed by atoms with van der Waals surface area (Å²) in [5.74, 6) is 0.265. The van der Waals surface area contributed by atoms with Crippen LogP contribution in [0.3, 0.4) is 0 Å². The second-order valence-electron chi connectivity index (χ2n) is 7.04. The van der Waals surface area contributed by atoms with E-state index in [1.54, 1.807) is 0 Å². The zero-order valence-corrected chi connectivity index (χ0v) is 14.9. The highest BCUT2D eigenvalue weighted by atomic mass is 16.5. The maximum absolute atomic E-state index is 12.8. The minimum Gasteiger partial charge on any atom is -0.462 e. The molecule has 0 N–H and O–H groups in total. The van der Waals surface area contributed by atoms with Crippen LogP contribution in [0.1, 0.15) is 42.5 Å². The molecule has 0 amide bonds. The summed E-state index contributed by atoms with van der Waals surface area (Å²) in [4.78, 5) is 17.6. The number of aromatic nitrogens is 1. The van der Waals surface area contributed by atoms with Gasteiger partial charge in [0.05, 0.1) is 23.4 Å². The number of hydrogen-bond donors (Lipinski definition) is 0. The molecule has 2 aromatic carbocycles. The van der Waals surface area contributed by atoms with Gasteiger partial charge >= 0.3 is 5.97 Å². The molecule has 132 valence electrons. The van der Waals surface area contributed by atoms with Gasteiger partial charge in [0.1, 0.15) is 0 Å². The molecule has 1 aliphatic rings. The number of benzene rings is 2. The number of ether oxygens (including phenoxy) is 1. The highest BCUT2D eigenvalue weighted by Gasteiger charge is 2.19. The number of rotatable bonds is 4. The third-order valence-corrected chi connectivity index (χ3v) is 5.18. The van der Waals surface area contributed by atoms with Crippen LogP contribution < -0.4 is 0 Å². The lowest BCUT2D eigenvalue weighted by atomic mass is 9.90. The predicted molar refractivity (Wildman–Crippen MR) is 104 cm³/mol. The molecule has 0 unspecified atom stereocenters. The first-order valence-electron chi connectivity index (χ1n) is 9.43. The van der Waals surface area contributed by atoms with Crippen molar-refractivity contribution in [2.45, 2.75) is 32.1 Å². The Balaban J connectivity index is 1.65. The van der Waals surface area contributed by atoms with Gasteiger partial charge in [-0.05, 0) is 30.9 Å². The molecule has 1 aliphatic carbocycles. The van der Waals surface area contributed by atoms with Crippen molar-refractivity contribution in [3.05, 3.63) is 66.2 Å². The summed E-state index contributed by atoms with van der Waals surface area (Å²) < 4.78 is 5.70. The minimum absolute atomic E-state index is 0.244. The number of fused-ring (bicyclic) bond motifs is 1. The van der Waals surface area contributed by atoms with Crippen LogP contribution in [0.4, 0.5) is 0 Å². The van der Waals surface area contributed by atoms with E-state index >= 15 is 0 Å². The van der Waals surface area contributed by atoms with E-state index in [1.807, 2.05) is 60.7 Å². The standard InChI is InChI=1S/C23H23NO2/c25-23(26-16-17-9-3-1-4-10-17)20-15-22(18-11-5-2-6-12-18)24-21-14-8-7-13-19(20)21/h2,5-8,11-15,17H,1,3-4,9-10,16H2. The number of esters is 1. The van der Waals surface area contributed by atoms with Crippen molar-refractivity contribution in [3.8, 4) is 11.3 Å². The smallest absolute Gasteiger partial charge is 0.338 e. The Labute approximate surface area is 154 Å². The SMILES string of the molecule is O=C(OCC1CCCCC1)c1cc(-c2ccccc2)nc2ccccc12. The van der Waals surface area contributed by atoms with Crippen molar-refractivity contribution < 1.29 is 9.53 Å². The van der Waals surface area contributed by atoms with Gasteiger partial charge in [0, 0.05) is 10.9 Å². The Bertz CT molecular complexity index is 898. The summed E-state index contributed by atoms with van der Waals surface area (Å²) >= 11 is 0. The van der Waals surface area contributed by atoms with Crippen LogP contribution in [-0.2, 0) is 4.74 Å². The van der Waals surface area contributed by atoms with Gasteiger partial charge in [-0.15, -0.1) is 0 Å². The molecule has 0 spiro atoms. The molecule has 3 nitrogen and oxygen atoms in total. The topological polar surface area (TPSA) is 39.2 Å². The van der Waals surface area contributed by atoms with Crippen molar-refractivity contribution in [1.29, 1.82) is 0 Å². The van der Waals surface area contributed by atoms with Gasteiger partial charge in [-0.3, -0.25) is 0 Å². The molecule has 0 atom stereocenters. The summed E-state index contributed by atoms with van der Waals surface area (Å²) in [5, 5.41) is 0.848. The lowest BCUT2D eigenvalue weighted by Gasteiger charge is -2.21. The predicted octanol–water partition coefficient (Wildman–Crippen LogP) is 5.64. The van der Waals surface area contributed by atoms with Gasteiger partial charge in [0.25, 0.3) is 0 Å². The van der Waals surface area contributed by atoms with Gasteiger partial charge in [-0.25, -0.2) is 9.78 Å². The molecular weight excluding hydrogens is 322 g/mol. The first-order valence-corrected chi connectivity index (χ1v) is 9.43. The maximum atomic E-state index is 12.8. The second-order valence-corrected chi connectivity index (χ2v) is 7.04. The average molecular weight is 345 g/mol. The molecule has 1 heterocycles. The molecule has 0 saturated heterocycles. The molecule has 26 heavy (non-hydrogen) atoms. The Morgan fingerprint density at radius 1 is 0.962 bits per heavy atom. The van der Waals surface area contributed by atoms with E-state index in [1.165, 1.54) is 32.1 Å². The Hall–Kier alpha value is -2.68. The Morgan fingerprint density at radius 2 is 1.69 bits per heavy atom. The number of hydrogen-bond acceptors (Lipinski definition) is 3. The fraction of sp³-hybridized carbons (Fsp3) is 0.304. The van der Waals surface area contributed by atoms with E-state index in [9.17, 15) is 4.79 Å². The molecule has 4 rings (SSSR count). The highest BCUT2D eigenvalue weighted by molar-refractivity contribution is 6.04. The number of para-hydroxylation sites is 1. The van der Waals surface area contributed by atoms with E-state index in [-0.39, 0.29) is 5.97 Å². The van der Waals surface area contributed by atoms with Gasteiger partial charge in [-0.2, -0.15) is 0 Å². The normalized spacial score (nSPS) is 15.1. The van der Waals surface area contributed by atoms with E-state index in [4.69, 9.17) is 9.72 Å². The molecular formula is C23H23NO2. The molecule has 1 fully saturated rings. The van der Waals surface area contributed by atoms with Gasteiger partial charge in [0.15, 0.2) is 0 Å². The van der Waals surface area contributed by atoms with Gasteiger partial charge < -0.3 is 4.74 Å². The zero-order chi connectivity index (χ0) is 17.8. The van der Waals surface area contributed by atoms with E-state index < -0.39 is 0 Å². The lowest BCUT2D eigenvalue weighted by molar-refractivity contribution is 0.0412. The number of carbonyl (C=O) groups is 1. The minimum atomic E-state index is -0.244. The Morgan fingerprint density at radius 3 is 2.50 bits per heavy atom. The molecule has 1 saturated carbocycles. The third kappa shape index (κ3) is 3.62. The van der Waals surface area contributed by atoms with Crippen molar-refractivity contribution >= 4 is 16.9 Å². The third-order valence-electron chi connectivity index (χ3n) is 5.18. The van der Waals surface area contributed by atoms with Crippen LogP contribution in [0.25, 0.3) is 22.2 Å². The van der Waals surface area contributed by atoms with Crippen molar-refractivity contribution in [2.75, 3.05) is 6.61 Å². The molecule has 1 aromatic heterocycles. The quantitative estimate of drug-likeness (QED) is 0.575. The molecule has 3 heteroatoms. The van der Waals surface area contributed by atoms with E-state index in [0.29, 0.717) is 18.1 Å². The molecule has 0 bridgehead atoms. The van der Waals surface area contributed by atoms with Crippen LogP contribution >= 0.6 is 0 Å². The van der Waals surface area contributed by atoms with Crippen LogP contribution in [0.5, 0.6) is 0 Å². The van der Waals surface area contributed by atoms with Crippen LogP contribution in [0.15, 0.2) is 60.7 Å². The van der Waals surface area contributed by atoms with Crippen molar-refractivity contribution in [2.24, 2.45) is 5.92 Å². The largest absolute Gasteiger partial charge is 0.462 e. The fourth-order valence-electron chi connectivity index (χ4n) is 3.73. The number of nitrogens with zero attached hydrogens (tertiary/aromatic N) is 1. The maximum Gasteiger partial charge on any atom is 0.338 e. The fourth-order valence-corrected chi connectivity index (χ4v) is 3.73. The number of pyridine rings is 1.